The maximum Gasteiger partial charge on any atom is 0.321 e. The third kappa shape index (κ3) is 3.34. The number of thiazole rings is 1. The first-order valence-corrected chi connectivity index (χ1v) is 7.97. The Hall–Kier alpha value is -1.63. The van der Waals surface area contributed by atoms with Gasteiger partial charge < -0.3 is 10.4 Å². The smallest absolute Gasteiger partial charge is 0.321 e. The summed E-state index contributed by atoms with van der Waals surface area (Å²) in [7, 11) is 0. The van der Waals surface area contributed by atoms with Crippen LogP contribution in [0.3, 0.4) is 0 Å². The lowest BCUT2D eigenvalue weighted by atomic mass is 9.85. The zero-order valence-corrected chi connectivity index (χ0v) is 13.3. The van der Waals surface area contributed by atoms with E-state index >= 15 is 0 Å². The van der Waals surface area contributed by atoms with E-state index in [2.05, 4.69) is 15.6 Å². The van der Waals surface area contributed by atoms with Crippen LogP contribution in [0.5, 0.6) is 0 Å². The predicted molar refractivity (Wildman–Crippen MR) is 81.7 cm³/mol. The number of rotatable bonds is 4. The Bertz CT molecular complexity index is 543. The van der Waals surface area contributed by atoms with Gasteiger partial charge in [0.25, 0.3) is 0 Å². The molecule has 6 nitrogen and oxygen atoms in total. The zero-order chi connectivity index (χ0) is 15.6. The van der Waals surface area contributed by atoms with Crippen molar-refractivity contribution >= 4 is 28.5 Å². The number of carbonyl (C=O) groups excluding carboxylic acids is 1. The van der Waals surface area contributed by atoms with Crippen molar-refractivity contribution in [3.8, 4) is 0 Å². The molecule has 0 bridgehead atoms. The molecule has 1 fully saturated rings. The highest BCUT2D eigenvalue weighted by Gasteiger charge is 2.45. The molecule has 0 saturated heterocycles. The third-order valence-corrected chi connectivity index (χ3v) is 4.86. The molecule has 7 heteroatoms. The van der Waals surface area contributed by atoms with Crippen LogP contribution in [-0.2, 0) is 4.79 Å². The summed E-state index contributed by atoms with van der Waals surface area (Å²) in [6.07, 6.45) is 2.08. The highest BCUT2D eigenvalue weighted by Crippen LogP contribution is 2.38. The van der Waals surface area contributed by atoms with Crippen molar-refractivity contribution in [1.29, 1.82) is 0 Å². The normalized spacial score (nSPS) is 25.0. The van der Waals surface area contributed by atoms with Crippen LogP contribution in [0, 0.1) is 5.41 Å². The molecule has 116 valence electrons. The second-order valence-corrected chi connectivity index (χ2v) is 6.86. The Balaban J connectivity index is 1.96. The first-order valence-electron chi connectivity index (χ1n) is 7.09. The minimum Gasteiger partial charge on any atom is -0.481 e. The number of aliphatic carboxylic acids is 1. The summed E-state index contributed by atoms with van der Waals surface area (Å²) in [4.78, 5) is 27.7. The number of hydrogen-bond acceptors (Lipinski definition) is 4. The van der Waals surface area contributed by atoms with E-state index in [9.17, 15) is 14.7 Å². The number of anilines is 1. The Morgan fingerprint density at radius 2 is 2.24 bits per heavy atom. The molecule has 21 heavy (non-hydrogen) atoms. The second-order valence-electron chi connectivity index (χ2n) is 6.00. The topological polar surface area (TPSA) is 91.3 Å². The van der Waals surface area contributed by atoms with Gasteiger partial charge in [-0.05, 0) is 25.7 Å². The van der Waals surface area contributed by atoms with E-state index in [-0.39, 0.29) is 12.1 Å². The number of nitrogens with zero attached hydrogens (tertiary/aromatic N) is 1. The van der Waals surface area contributed by atoms with Gasteiger partial charge in [-0.3, -0.25) is 10.1 Å². The Morgan fingerprint density at radius 1 is 1.52 bits per heavy atom. The number of carbonyl (C=O) groups is 2. The van der Waals surface area contributed by atoms with Gasteiger partial charge in [0.15, 0.2) is 5.13 Å². The quantitative estimate of drug-likeness (QED) is 0.797. The maximum absolute atomic E-state index is 12.0. The van der Waals surface area contributed by atoms with Crippen molar-refractivity contribution in [2.75, 3.05) is 5.32 Å². The molecule has 1 aromatic rings. The number of carboxylic acids is 1. The predicted octanol–water partition coefficient (Wildman–Crippen LogP) is 3.03. The minimum absolute atomic E-state index is 0.310. The van der Waals surface area contributed by atoms with E-state index in [0.717, 1.165) is 12.1 Å². The van der Waals surface area contributed by atoms with Gasteiger partial charge in [0.1, 0.15) is 0 Å². The lowest BCUT2D eigenvalue weighted by molar-refractivity contribution is -0.148. The first kappa shape index (κ1) is 15.8. The van der Waals surface area contributed by atoms with Crippen LogP contribution in [0.1, 0.15) is 51.6 Å². The Morgan fingerprint density at radius 3 is 2.81 bits per heavy atom. The molecule has 2 unspecified atom stereocenters. The fraction of sp³-hybridized carbons (Fsp3) is 0.643. The average Bonchev–Trinajstić information content (AvgIpc) is 2.98. The molecule has 2 amide bonds. The van der Waals surface area contributed by atoms with E-state index in [1.165, 1.54) is 11.3 Å². The number of hydrogen-bond donors (Lipinski definition) is 3. The second kappa shape index (κ2) is 6.01. The van der Waals surface area contributed by atoms with Gasteiger partial charge in [0.05, 0.1) is 11.1 Å². The van der Waals surface area contributed by atoms with Crippen molar-refractivity contribution in [3.63, 3.8) is 0 Å². The van der Waals surface area contributed by atoms with Gasteiger partial charge in [-0.1, -0.05) is 20.3 Å². The molecule has 0 aromatic carbocycles. The summed E-state index contributed by atoms with van der Waals surface area (Å²) in [6, 6.07) is -0.737. The Labute approximate surface area is 128 Å². The highest BCUT2D eigenvalue weighted by atomic mass is 32.1. The molecule has 1 aliphatic rings. The summed E-state index contributed by atoms with van der Waals surface area (Å²) < 4.78 is 0. The summed E-state index contributed by atoms with van der Waals surface area (Å²) in [5.74, 6) is -0.549. The molecule has 0 spiro atoms. The molecule has 1 aliphatic carbocycles. The average molecular weight is 311 g/mol. The molecule has 0 aliphatic heterocycles. The summed E-state index contributed by atoms with van der Waals surface area (Å²) in [5.41, 5.74) is 0.0510. The SMILES string of the molecule is CC(C)c1csc(NC(=O)NC2CCCC2(C)C(=O)O)n1. The van der Waals surface area contributed by atoms with Crippen LogP contribution in [0.4, 0.5) is 9.93 Å². The molecule has 1 heterocycles. The van der Waals surface area contributed by atoms with Crippen molar-refractivity contribution in [3.05, 3.63) is 11.1 Å². The first-order chi connectivity index (χ1) is 9.83. The van der Waals surface area contributed by atoms with Crippen LogP contribution in [0.2, 0.25) is 0 Å². The summed E-state index contributed by atoms with van der Waals surface area (Å²) in [6.45, 7) is 5.76. The molecule has 0 radical (unpaired) electrons. The highest BCUT2D eigenvalue weighted by molar-refractivity contribution is 7.13. The van der Waals surface area contributed by atoms with Crippen LogP contribution < -0.4 is 10.6 Å². The van der Waals surface area contributed by atoms with Crippen LogP contribution in [0.25, 0.3) is 0 Å². The largest absolute Gasteiger partial charge is 0.481 e. The number of urea groups is 1. The van der Waals surface area contributed by atoms with Crippen molar-refractivity contribution in [2.24, 2.45) is 5.41 Å². The van der Waals surface area contributed by atoms with E-state index in [1.807, 2.05) is 19.2 Å². The van der Waals surface area contributed by atoms with Gasteiger partial charge in [0, 0.05) is 11.4 Å². The van der Waals surface area contributed by atoms with Crippen molar-refractivity contribution in [2.45, 2.75) is 52.0 Å². The van der Waals surface area contributed by atoms with Gasteiger partial charge in [-0.25, -0.2) is 9.78 Å². The van der Waals surface area contributed by atoms with E-state index < -0.39 is 11.4 Å². The van der Waals surface area contributed by atoms with Crippen LogP contribution in [0.15, 0.2) is 5.38 Å². The maximum atomic E-state index is 12.0. The molecule has 2 rings (SSSR count). The minimum atomic E-state index is -0.886. The fourth-order valence-corrected chi connectivity index (χ4v) is 3.42. The fourth-order valence-electron chi connectivity index (χ4n) is 2.55. The summed E-state index contributed by atoms with van der Waals surface area (Å²) in [5, 5.41) is 17.2. The van der Waals surface area contributed by atoms with E-state index in [1.54, 1.807) is 6.92 Å². The molecular formula is C14H21N3O3S. The van der Waals surface area contributed by atoms with Crippen LogP contribution in [-0.4, -0.2) is 28.1 Å². The number of carboxylic acid groups (broad SMARTS) is 1. The van der Waals surface area contributed by atoms with Gasteiger partial charge in [-0.15, -0.1) is 11.3 Å². The summed E-state index contributed by atoms with van der Waals surface area (Å²) >= 11 is 1.37. The van der Waals surface area contributed by atoms with E-state index in [0.29, 0.717) is 23.9 Å². The van der Waals surface area contributed by atoms with Crippen molar-refractivity contribution in [1.82, 2.24) is 10.3 Å². The molecule has 2 atom stereocenters. The Kier molecular flexibility index (Phi) is 4.51. The number of aromatic nitrogens is 1. The molecule has 3 N–H and O–H groups in total. The third-order valence-electron chi connectivity index (χ3n) is 4.09. The van der Waals surface area contributed by atoms with Gasteiger partial charge in [-0.2, -0.15) is 0 Å². The number of amides is 2. The number of nitrogens with one attached hydrogen (secondary N) is 2. The standard InChI is InChI=1S/C14H21N3O3S/c1-8(2)9-7-21-13(15-9)17-12(20)16-10-5-4-6-14(10,3)11(18)19/h7-8,10H,4-6H2,1-3H3,(H,18,19)(H2,15,16,17,20). The molecule has 1 aromatic heterocycles. The lowest BCUT2D eigenvalue weighted by Crippen LogP contribution is -2.48. The van der Waals surface area contributed by atoms with Crippen molar-refractivity contribution < 1.29 is 14.7 Å². The van der Waals surface area contributed by atoms with Crippen LogP contribution >= 0.6 is 11.3 Å². The monoisotopic (exact) mass is 311 g/mol. The zero-order valence-electron chi connectivity index (χ0n) is 12.5. The van der Waals surface area contributed by atoms with Gasteiger partial charge >= 0.3 is 12.0 Å². The lowest BCUT2D eigenvalue weighted by Gasteiger charge is -2.27. The molecule has 1 saturated carbocycles. The van der Waals surface area contributed by atoms with Gasteiger partial charge in [0.2, 0.25) is 0 Å². The molecular weight excluding hydrogens is 290 g/mol. The van der Waals surface area contributed by atoms with E-state index in [4.69, 9.17) is 0 Å².